The van der Waals surface area contributed by atoms with Gasteiger partial charge < -0.3 is 10.6 Å². The van der Waals surface area contributed by atoms with Crippen LogP contribution in [0.5, 0.6) is 0 Å². The van der Waals surface area contributed by atoms with E-state index in [4.69, 9.17) is 0 Å². The van der Waals surface area contributed by atoms with E-state index in [1.165, 1.54) is 0 Å². The van der Waals surface area contributed by atoms with Gasteiger partial charge in [-0.2, -0.15) is 11.8 Å². The van der Waals surface area contributed by atoms with Gasteiger partial charge in [0.2, 0.25) is 11.9 Å². The van der Waals surface area contributed by atoms with Gasteiger partial charge in [-0.1, -0.05) is 12.1 Å². The van der Waals surface area contributed by atoms with E-state index in [1.54, 1.807) is 60.3 Å². The van der Waals surface area contributed by atoms with Gasteiger partial charge in [-0.15, -0.1) is 0 Å². The first-order valence-electron chi connectivity index (χ1n) is 10.8. The van der Waals surface area contributed by atoms with Crippen LogP contribution in [0, 0.1) is 13.8 Å². The molecule has 34 heavy (non-hydrogen) atoms. The minimum atomic E-state index is -0.902. The molecular weight excluding hydrogens is 450 g/mol. The van der Waals surface area contributed by atoms with Crippen molar-refractivity contribution < 1.29 is 14.4 Å². The Morgan fingerprint density at radius 3 is 2.06 bits per heavy atom. The maximum absolute atomic E-state index is 13.2. The van der Waals surface area contributed by atoms with Gasteiger partial charge in [-0.25, -0.2) is 9.97 Å². The van der Waals surface area contributed by atoms with Gasteiger partial charge in [0.1, 0.15) is 6.04 Å². The van der Waals surface area contributed by atoms with Gasteiger partial charge in [0, 0.05) is 22.8 Å². The number of nitrogens with zero attached hydrogens (tertiary/aromatic N) is 3. The highest BCUT2D eigenvalue weighted by Crippen LogP contribution is 2.27. The fraction of sp³-hybridized carbons (Fsp3) is 0.240. The Morgan fingerprint density at radius 2 is 1.50 bits per heavy atom. The highest BCUT2D eigenvalue weighted by Gasteiger charge is 2.42. The van der Waals surface area contributed by atoms with Gasteiger partial charge in [0.05, 0.1) is 11.1 Å². The number of thioether (sulfide) groups is 1. The Hall–Kier alpha value is -3.72. The number of nitrogens with one attached hydrogen (secondary N) is 2. The van der Waals surface area contributed by atoms with Gasteiger partial charge in [-0.05, 0) is 74.7 Å². The Kier molecular flexibility index (Phi) is 6.93. The molecule has 0 radical (unpaired) electrons. The van der Waals surface area contributed by atoms with E-state index in [9.17, 15) is 14.4 Å². The van der Waals surface area contributed by atoms with E-state index < -0.39 is 23.8 Å². The minimum absolute atomic E-state index is 0.332. The summed E-state index contributed by atoms with van der Waals surface area (Å²) in [5.41, 5.74) is 3.72. The molecule has 1 aliphatic heterocycles. The number of hydrogen-bond donors (Lipinski definition) is 2. The lowest BCUT2D eigenvalue weighted by Crippen LogP contribution is -2.47. The number of imide groups is 1. The first-order valence-corrected chi connectivity index (χ1v) is 12.2. The maximum atomic E-state index is 13.2. The van der Waals surface area contributed by atoms with E-state index in [2.05, 4.69) is 20.6 Å². The summed E-state index contributed by atoms with van der Waals surface area (Å²) < 4.78 is 0. The topological polar surface area (TPSA) is 104 Å². The zero-order valence-electron chi connectivity index (χ0n) is 19.2. The molecule has 8 nitrogen and oxygen atoms in total. The minimum Gasteiger partial charge on any atom is -0.324 e. The van der Waals surface area contributed by atoms with Crippen LogP contribution >= 0.6 is 11.8 Å². The summed E-state index contributed by atoms with van der Waals surface area (Å²) in [6, 6.07) is 14.7. The number of fused-ring (bicyclic) bond motifs is 1. The molecule has 9 heteroatoms. The van der Waals surface area contributed by atoms with Crippen molar-refractivity contribution in [2.75, 3.05) is 22.6 Å². The van der Waals surface area contributed by atoms with E-state index >= 15 is 0 Å². The number of hydrogen-bond acceptors (Lipinski definition) is 7. The van der Waals surface area contributed by atoms with E-state index in [0.29, 0.717) is 34.9 Å². The van der Waals surface area contributed by atoms with Crippen LogP contribution < -0.4 is 10.6 Å². The summed E-state index contributed by atoms with van der Waals surface area (Å²) in [6.07, 6.45) is 2.28. The molecule has 0 bridgehead atoms. The van der Waals surface area contributed by atoms with Gasteiger partial charge >= 0.3 is 0 Å². The summed E-state index contributed by atoms with van der Waals surface area (Å²) >= 11 is 1.55. The number of amides is 3. The molecule has 3 amide bonds. The second-order valence-electron chi connectivity index (χ2n) is 7.99. The summed E-state index contributed by atoms with van der Waals surface area (Å²) in [6.45, 7) is 3.81. The Balaban J connectivity index is 1.49. The second kappa shape index (κ2) is 10.0. The first kappa shape index (κ1) is 23.4. The normalized spacial score (nSPS) is 13.6. The fourth-order valence-electron chi connectivity index (χ4n) is 3.87. The van der Waals surface area contributed by atoms with E-state index in [1.807, 2.05) is 26.2 Å². The third-order valence-electron chi connectivity index (χ3n) is 5.43. The lowest BCUT2D eigenvalue weighted by Gasteiger charge is -2.25. The molecule has 1 aliphatic rings. The van der Waals surface area contributed by atoms with Crippen molar-refractivity contribution in [2.45, 2.75) is 26.3 Å². The first-order chi connectivity index (χ1) is 16.4. The van der Waals surface area contributed by atoms with E-state index in [0.717, 1.165) is 22.0 Å². The number of rotatable bonds is 8. The number of carbonyl (C=O) groups is 3. The molecule has 2 N–H and O–H groups in total. The molecule has 0 fully saturated rings. The predicted molar refractivity (Wildman–Crippen MR) is 134 cm³/mol. The molecule has 1 aromatic heterocycles. The van der Waals surface area contributed by atoms with Crippen LogP contribution in [0.2, 0.25) is 0 Å². The summed E-state index contributed by atoms with van der Waals surface area (Å²) in [5, 5.41) is 6.00. The third kappa shape index (κ3) is 4.94. The van der Waals surface area contributed by atoms with Crippen molar-refractivity contribution >= 4 is 46.8 Å². The van der Waals surface area contributed by atoms with E-state index in [-0.39, 0.29) is 0 Å². The van der Waals surface area contributed by atoms with Crippen molar-refractivity contribution in [2.24, 2.45) is 0 Å². The zero-order chi connectivity index (χ0) is 24.2. The molecule has 1 atom stereocenters. The van der Waals surface area contributed by atoms with Crippen LogP contribution in [0.4, 0.5) is 17.3 Å². The molecule has 174 valence electrons. The third-order valence-corrected chi connectivity index (χ3v) is 6.07. The highest BCUT2D eigenvalue weighted by molar-refractivity contribution is 7.98. The molecule has 3 aromatic rings. The van der Waals surface area contributed by atoms with Crippen molar-refractivity contribution in [1.82, 2.24) is 14.9 Å². The molecule has 0 saturated carbocycles. The average molecular weight is 476 g/mol. The Morgan fingerprint density at radius 1 is 0.941 bits per heavy atom. The Bertz CT molecular complexity index is 1190. The van der Waals surface area contributed by atoms with Crippen LogP contribution in [-0.4, -0.2) is 50.6 Å². The molecule has 1 unspecified atom stereocenters. The average Bonchev–Trinajstić information content (AvgIpc) is 3.05. The molecule has 0 spiro atoms. The Labute approximate surface area is 202 Å². The van der Waals surface area contributed by atoms with Crippen LogP contribution in [0.3, 0.4) is 0 Å². The van der Waals surface area contributed by atoms with Crippen LogP contribution in [-0.2, 0) is 4.79 Å². The molecule has 4 rings (SSSR count). The monoisotopic (exact) mass is 475 g/mol. The van der Waals surface area contributed by atoms with Gasteiger partial charge in [-0.3, -0.25) is 19.3 Å². The van der Waals surface area contributed by atoms with Crippen molar-refractivity contribution in [3.05, 3.63) is 77.1 Å². The zero-order valence-corrected chi connectivity index (χ0v) is 20.0. The quantitative estimate of drug-likeness (QED) is 0.471. The SMILES string of the molecule is CSCCC(C(=O)Nc1ccc(Nc2nc(C)cc(C)n2)cc1)N1C(=O)c2ccccc2C1=O. The predicted octanol–water partition coefficient (Wildman–Crippen LogP) is 4.19. The molecule has 0 aliphatic carbocycles. The van der Waals surface area contributed by atoms with Crippen molar-refractivity contribution in [3.8, 4) is 0 Å². The number of benzene rings is 2. The smallest absolute Gasteiger partial charge is 0.262 e. The largest absolute Gasteiger partial charge is 0.324 e. The number of carbonyl (C=O) groups excluding carboxylic acids is 3. The molecular formula is C25H25N5O3S. The van der Waals surface area contributed by atoms with Crippen LogP contribution in [0.1, 0.15) is 38.5 Å². The molecule has 2 aromatic carbocycles. The second-order valence-corrected chi connectivity index (χ2v) is 8.97. The van der Waals surface area contributed by atoms with Gasteiger partial charge in [0.25, 0.3) is 11.8 Å². The molecule has 2 heterocycles. The number of aromatic nitrogens is 2. The lowest BCUT2D eigenvalue weighted by atomic mass is 10.1. The fourth-order valence-corrected chi connectivity index (χ4v) is 4.33. The summed E-state index contributed by atoms with van der Waals surface area (Å²) in [4.78, 5) is 48.9. The maximum Gasteiger partial charge on any atom is 0.262 e. The van der Waals surface area contributed by atoms with Crippen molar-refractivity contribution in [1.29, 1.82) is 0 Å². The summed E-state index contributed by atoms with van der Waals surface area (Å²) in [7, 11) is 0. The molecule has 0 saturated heterocycles. The van der Waals surface area contributed by atoms with Crippen molar-refractivity contribution in [3.63, 3.8) is 0 Å². The highest BCUT2D eigenvalue weighted by atomic mass is 32.2. The van der Waals surface area contributed by atoms with Gasteiger partial charge in [0.15, 0.2) is 0 Å². The number of aryl methyl sites for hydroxylation is 2. The lowest BCUT2D eigenvalue weighted by molar-refractivity contribution is -0.120. The van der Waals surface area contributed by atoms with Crippen LogP contribution in [0.15, 0.2) is 54.6 Å². The van der Waals surface area contributed by atoms with Crippen LogP contribution in [0.25, 0.3) is 0 Å². The number of anilines is 3. The summed E-state index contributed by atoms with van der Waals surface area (Å²) in [5.74, 6) is -0.145. The standard InChI is InChI=1S/C25H25N5O3S/c1-15-14-16(2)27-25(26-15)29-18-10-8-17(9-11-18)28-22(31)21(12-13-34-3)30-23(32)19-6-4-5-7-20(19)24(30)33/h4-11,14,21H,12-13H2,1-3H3,(H,28,31)(H,26,27,29).